The van der Waals surface area contributed by atoms with E-state index < -0.39 is 5.91 Å². The summed E-state index contributed by atoms with van der Waals surface area (Å²) in [5.74, 6) is -0.379. The highest BCUT2D eigenvalue weighted by Crippen LogP contribution is 2.13. The molecule has 0 aliphatic carbocycles. The molecule has 0 saturated carbocycles. The van der Waals surface area contributed by atoms with Gasteiger partial charge >= 0.3 is 0 Å². The molecule has 0 radical (unpaired) electrons. The topological polar surface area (TPSA) is 84.2 Å². The minimum Gasteiger partial charge on any atom is -0.366 e. The maximum Gasteiger partial charge on any atom is 0.249 e. The third-order valence-corrected chi connectivity index (χ3v) is 3.22. The molecule has 4 N–H and O–H groups in total. The summed E-state index contributed by atoms with van der Waals surface area (Å²) in [5.41, 5.74) is 5.52. The lowest BCUT2D eigenvalue weighted by molar-refractivity contribution is -0.122. The van der Waals surface area contributed by atoms with Crippen molar-refractivity contribution in [2.24, 2.45) is 5.73 Å². The van der Waals surface area contributed by atoms with Crippen LogP contribution in [0.5, 0.6) is 0 Å². The van der Waals surface area contributed by atoms with E-state index in [1.54, 1.807) is 11.4 Å². The van der Waals surface area contributed by atoms with Gasteiger partial charge in [-0.25, -0.2) is 0 Å². The Balaban J connectivity index is 2.23. The Morgan fingerprint density at radius 3 is 2.58 bits per heavy atom. The van der Waals surface area contributed by atoms with Crippen LogP contribution in [0, 0.1) is 0 Å². The molecule has 19 heavy (non-hydrogen) atoms. The molecular formula is C13H21N3O2S. The highest BCUT2D eigenvalue weighted by atomic mass is 32.1. The first-order chi connectivity index (χ1) is 8.78. The Morgan fingerprint density at radius 1 is 1.37 bits per heavy atom. The van der Waals surface area contributed by atoms with Gasteiger partial charge in [0, 0.05) is 35.3 Å². The number of carbonyl (C=O) groups is 2. The van der Waals surface area contributed by atoms with Gasteiger partial charge in [0.2, 0.25) is 11.8 Å². The summed E-state index contributed by atoms with van der Waals surface area (Å²) in [6.07, 6.45) is 0.436. The van der Waals surface area contributed by atoms with Crippen molar-refractivity contribution in [1.82, 2.24) is 10.6 Å². The van der Waals surface area contributed by atoms with Crippen LogP contribution < -0.4 is 16.4 Å². The van der Waals surface area contributed by atoms with Crippen LogP contribution in [0.2, 0.25) is 0 Å². The van der Waals surface area contributed by atoms with Crippen molar-refractivity contribution in [3.8, 4) is 0 Å². The number of rotatable bonds is 6. The van der Waals surface area contributed by atoms with Crippen molar-refractivity contribution in [3.05, 3.63) is 21.9 Å². The number of hydrogen-bond acceptors (Lipinski definition) is 4. The minimum absolute atomic E-state index is 0.0315. The Morgan fingerprint density at radius 2 is 2.05 bits per heavy atom. The quantitative estimate of drug-likeness (QED) is 0.687. The van der Waals surface area contributed by atoms with Crippen LogP contribution in [0.3, 0.4) is 0 Å². The number of nitrogens with one attached hydrogen (secondary N) is 2. The largest absolute Gasteiger partial charge is 0.366 e. The average molecular weight is 283 g/mol. The van der Waals surface area contributed by atoms with E-state index in [0.29, 0.717) is 25.1 Å². The van der Waals surface area contributed by atoms with Crippen LogP contribution in [0.15, 0.2) is 11.4 Å². The van der Waals surface area contributed by atoms with Gasteiger partial charge in [0.05, 0.1) is 5.56 Å². The molecular weight excluding hydrogens is 262 g/mol. The third kappa shape index (κ3) is 6.35. The van der Waals surface area contributed by atoms with Gasteiger partial charge in [0.1, 0.15) is 0 Å². The lowest BCUT2D eigenvalue weighted by Gasteiger charge is -2.20. The number of thiophene rings is 1. The molecule has 0 saturated heterocycles. The standard InChI is InChI=1S/C13H21N3O2S/c1-13(2,3)16-11(17)4-5-15-7-10-6-9(8-19-10)12(14)18/h6,8,15H,4-5,7H2,1-3H3,(H2,14,18)(H,16,17). The molecule has 0 fully saturated rings. The van der Waals surface area contributed by atoms with Gasteiger partial charge < -0.3 is 16.4 Å². The van der Waals surface area contributed by atoms with E-state index in [4.69, 9.17) is 5.73 Å². The molecule has 5 nitrogen and oxygen atoms in total. The van der Waals surface area contributed by atoms with Crippen molar-refractivity contribution in [2.75, 3.05) is 6.54 Å². The van der Waals surface area contributed by atoms with Crippen LogP contribution in [-0.4, -0.2) is 23.9 Å². The summed E-state index contributed by atoms with van der Waals surface area (Å²) in [6.45, 7) is 7.10. The summed E-state index contributed by atoms with van der Waals surface area (Å²) in [4.78, 5) is 23.5. The highest BCUT2D eigenvalue weighted by Gasteiger charge is 2.12. The predicted molar refractivity (Wildman–Crippen MR) is 77.1 cm³/mol. The van der Waals surface area contributed by atoms with E-state index >= 15 is 0 Å². The van der Waals surface area contributed by atoms with Gasteiger partial charge in [0.15, 0.2) is 0 Å². The van der Waals surface area contributed by atoms with Crippen LogP contribution in [-0.2, 0) is 11.3 Å². The van der Waals surface area contributed by atoms with Gasteiger partial charge in [0.25, 0.3) is 0 Å². The normalized spacial score (nSPS) is 11.3. The second-order valence-electron chi connectivity index (χ2n) is 5.39. The number of nitrogens with two attached hydrogens (primary N) is 1. The highest BCUT2D eigenvalue weighted by molar-refractivity contribution is 7.10. The first-order valence-corrected chi connectivity index (χ1v) is 7.05. The summed E-state index contributed by atoms with van der Waals surface area (Å²) in [5, 5.41) is 7.81. The maximum atomic E-state index is 11.6. The SMILES string of the molecule is CC(C)(C)NC(=O)CCNCc1cc(C(N)=O)cs1. The van der Waals surface area contributed by atoms with E-state index in [0.717, 1.165) is 4.88 Å². The van der Waals surface area contributed by atoms with Gasteiger partial charge in [-0.15, -0.1) is 11.3 Å². The van der Waals surface area contributed by atoms with Gasteiger partial charge in [-0.1, -0.05) is 0 Å². The second-order valence-corrected chi connectivity index (χ2v) is 6.39. The molecule has 0 bridgehead atoms. The molecule has 0 unspecified atom stereocenters. The molecule has 0 aromatic carbocycles. The maximum absolute atomic E-state index is 11.6. The zero-order chi connectivity index (χ0) is 14.5. The van der Waals surface area contributed by atoms with E-state index in [1.165, 1.54) is 11.3 Å². The first kappa shape index (κ1) is 15.7. The van der Waals surface area contributed by atoms with E-state index in [1.807, 2.05) is 20.8 Å². The summed E-state index contributed by atoms with van der Waals surface area (Å²) >= 11 is 1.48. The van der Waals surface area contributed by atoms with Gasteiger partial charge in [-0.05, 0) is 26.8 Å². The lowest BCUT2D eigenvalue weighted by atomic mass is 10.1. The molecule has 0 aliphatic rings. The summed E-state index contributed by atoms with van der Waals surface area (Å²) in [6, 6.07) is 1.77. The van der Waals surface area contributed by atoms with Gasteiger partial charge in [-0.3, -0.25) is 9.59 Å². The minimum atomic E-state index is -0.410. The fourth-order valence-electron chi connectivity index (χ4n) is 1.50. The number of primary amides is 1. The molecule has 0 aliphatic heterocycles. The van der Waals surface area contributed by atoms with Crippen molar-refractivity contribution < 1.29 is 9.59 Å². The number of hydrogen-bond donors (Lipinski definition) is 3. The van der Waals surface area contributed by atoms with Crippen LogP contribution in [0.4, 0.5) is 0 Å². The van der Waals surface area contributed by atoms with Crippen molar-refractivity contribution in [2.45, 2.75) is 39.3 Å². The summed E-state index contributed by atoms with van der Waals surface area (Å²) < 4.78 is 0. The fourth-order valence-corrected chi connectivity index (χ4v) is 2.34. The first-order valence-electron chi connectivity index (χ1n) is 6.17. The monoisotopic (exact) mass is 283 g/mol. The number of carbonyl (C=O) groups excluding carboxylic acids is 2. The zero-order valence-corrected chi connectivity index (χ0v) is 12.4. The molecule has 6 heteroatoms. The Kier molecular flexibility index (Phi) is 5.50. The van der Waals surface area contributed by atoms with Gasteiger partial charge in [-0.2, -0.15) is 0 Å². The Hall–Kier alpha value is -1.40. The molecule has 106 valence electrons. The number of amides is 2. The molecule has 1 rings (SSSR count). The van der Waals surface area contributed by atoms with Crippen molar-refractivity contribution in [1.29, 1.82) is 0 Å². The molecule has 1 aromatic rings. The smallest absolute Gasteiger partial charge is 0.249 e. The molecule has 1 heterocycles. The molecule has 0 spiro atoms. The third-order valence-electron chi connectivity index (χ3n) is 2.28. The predicted octanol–water partition coefficient (Wildman–Crippen LogP) is 1.24. The second kappa shape index (κ2) is 6.68. The fraction of sp³-hybridized carbons (Fsp3) is 0.538. The molecule has 1 aromatic heterocycles. The van der Waals surface area contributed by atoms with E-state index in [9.17, 15) is 9.59 Å². The van der Waals surface area contributed by atoms with Crippen LogP contribution in [0.1, 0.15) is 42.4 Å². The van der Waals surface area contributed by atoms with Crippen LogP contribution >= 0.6 is 11.3 Å². The lowest BCUT2D eigenvalue weighted by Crippen LogP contribution is -2.41. The van der Waals surface area contributed by atoms with E-state index in [-0.39, 0.29) is 11.4 Å². The van der Waals surface area contributed by atoms with Crippen molar-refractivity contribution >= 4 is 23.2 Å². The van der Waals surface area contributed by atoms with Crippen LogP contribution in [0.25, 0.3) is 0 Å². The Labute approximate surface area is 117 Å². The van der Waals surface area contributed by atoms with Crippen molar-refractivity contribution in [3.63, 3.8) is 0 Å². The average Bonchev–Trinajstić information content (AvgIpc) is 2.70. The Bertz CT molecular complexity index is 449. The summed E-state index contributed by atoms with van der Waals surface area (Å²) in [7, 11) is 0. The molecule has 0 atom stereocenters. The van der Waals surface area contributed by atoms with E-state index in [2.05, 4.69) is 10.6 Å². The zero-order valence-electron chi connectivity index (χ0n) is 11.6. The molecule has 2 amide bonds.